The third-order valence-corrected chi connectivity index (χ3v) is 24.6. The molecule has 0 aromatic heterocycles. The van der Waals surface area contributed by atoms with E-state index in [1.54, 1.807) is 0 Å². The van der Waals surface area contributed by atoms with Crippen LogP contribution in [0.3, 0.4) is 0 Å². The summed E-state index contributed by atoms with van der Waals surface area (Å²) in [5.74, 6) is -2.30. The molecule has 0 amide bonds. The number of carbonyl (C=O) groups is 4. The van der Waals surface area contributed by atoms with E-state index in [4.69, 9.17) is 46.9 Å². The quantitative estimate of drug-likeness (QED) is 0.00889. The van der Waals surface area contributed by atoms with Gasteiger partial charge in [0.15, 0.2) is 24.8 Å². The number of esters is 4. The van der Waals surface area contributed by atoms with Crippen molar-refractivity contribution in [3.05, 3.63) is 24.3 Å². The zero-order valence-corrected chi connectivity index (χ0v) is 75.5. The first-order valence-corrected chi connectivity index (χ1v) is 49.5. The molecule has 119 heavy (non-hydrogen) atoms. The SMILES string of the molecule is CCCCCC/C=C\CCCCCCCCCC(=O)OC1C(O)C(O)C(OC2OC(CO)C(O)C(O)C2O)C(OP(=O)(O)OCC(COC(=O)CCCCCCCCC(C)CCCCCCCC)OC(=O)CCCCC/C=C\CCCCCCCC)C1OC1OC(COC(=O)CCCCCCCCCCCCCCCCCC)C(O)C(O)C1O. The Balaban J connectivity index is 1.92. The highest BCUT2D eigenvalue weighted by atomic mass is 31.2. The molecule has 698 valence electrons. The van der Waals surface area contributed by atoms with E-state index in [-0.39, 0.29) is 25.7 Å². The molecule has 2 heterocycles. The summed E-state index contributed by atoms with van der Waals surface area (Å²) in [5.41, 5.74) is 0. The van der Waals surface area contributed by atoms with Crippen molar-refractivity contribution in [2.24, 2.45) is 5.92 Å². The van der Waals surface area contributed by atoms with E-state index in [2.05, 4.69) is 58.9 Å². The fourth-order valence-corrected chi connectivity index (χ4v) is 16.8. The summed E-state index contributed by atoms with van der Waals surface area (Å²) in [4.78, 5) is 66.5. The molecule has 25 nitrogen and oxygen atoms in total. The molecule has 2 aliphatic heterocycles. The topological polar surface area (TPSA) is 380 Å². The van der Waals surface area contributed by atoms with Gasteiger partial charge in [-0.3, -0.25) is 28.2 Å². The lowest BCUT2D eigenvalue weighted by molar-refractivity contribution is -0.360. The molecule has 0 radical (unpaired) electrons. The molecule has 26 heteroatoms. The van der Waals surface area contributed by atoms with E-state index in [1.807, 2.05) is 0 Å². The Hall–Kier alpha value is -3.05. The van der Waals surface area contributed by atoms with Gasteiger partial charge in [0.25, 0.3) is 0 Å². The number of allylic oxidation sites excluding steroid dienone is 4. The van der Waals surface area contributed by atoms with Gasteiger partial charge in [-0.15, -0.1) is 0 Å². The molecule has 10 N–H and O–H groups in total. The summed E-state index contributed by atoms with van der Waals surface area (Å²) in [6, 6.07) is 0. The maximum atomic E-state index is 14.9. The van der Waals surface area contributed by atoms with E-state index >= 15 is 0 Å². The molecule has 3 fully saturated rings. The van der Waals surface area contributed by atoms with E-state index in [0.29, 0.717) is 44.4 Å². The van der Waals surface area contributed by atoms with Gasteiger partial charge >= 0.3 is 31.7 Å². The molecule has 0 spiro atoms. The Morgan fingerprint density at radius 1 is 0.353 bits per heavy atom. The fourth-order valence-electron chi connectivity index (χ4n) is 15.8. The highest BCUT2D eigenvalue weighted by Crippen LogP contribution is 2.49. The summed E-state index contributed by atoms with van der Waals surface area (Å²) in [7, 11) is -5.81. The zero-order chi connectivity index (χ0) is 86.9. The number of phosphoric ester groups is 1. The molecule has 1 saturated carbocycles. The molecule has 19 unspecified atom stereocenters. The molecular formula is C93H171O25P. The average Bonchev–Trinajstić information content (AvgIpc) is 0.754. The molecule has 0 aromatic rings. The molecule has 2 saturated heterocycles. The Kier molecular flexibility index (Phi) is 65.7. The van der Waals surface area contributed by atoms with Gasteiger partial charge in [-0.2, -0.15) is 0 Å². The second kappa shape index (κ2) is 71.0. The van der Waals surface area contributed by atoms with E-state index in [1.165, 1.54) is 173 Å². The Morgan fingerprint density at radius 2 is 0.681 bits per heavy atom. The van der Waals surface area contributed by atoms with Gasteiger partial charge in [0, 0.05) is 25.7 Å². The number of rotatable bonds is 77. The van der Waals surface area contributed by atoms with Crippen molar-refractivity contribution in [1.82, 2.24) is 0 Å². The van der Waals surface area contributed by atoms with Crippen molar-refractivity contribution >= 4 is 31.7 Å². The van der Waals surface area contributed by atoms with Crippen molar-refractivity contribution in [3.63, 3.8) is 0 Å². The van der Waals surface area contributed by atoms with Crippen LogP contribution >= 0.6 is 7.82 Å². The van der Waals surface area contributed by atoms with Crippen LogP contribution in [0.4, 0.5) is 0 Å². The number of hydrogen-bond acceptors (Lipinski definition) is 24. The first-order valence-electron chi connectivity index (χ1n) is 48.0. The van der Waals surface area contributed by atoms with Gasteiger partial charge < -0.3 is 88.7 Å². The van der Waals surface area contributed by atoms with Crippen molar-refractivity contribution in [2.45, 2.75) is 511 Å². The second-order valence-electron chi connectivity index (χ2n) is 34.5. The summed E-state index contributed by atoms with van der Waals surface area (Å²) >= 11 is 0. The van der Waals surface area contributed by atoms with Gasteiger partial charge in [-0.1, -0.05) is 329 Å². The minimum Gasteiger partial charge on any atom is -0.463 e. The summed E-state index contributed by atoms with van der Waals surface area (Å²) in [5, 5.41) is 102. The molecule has 3 aliphatic rings. The predicted octanol–water partition coefficient (Wildman–Crippen LogP) is 18.0. The normalized spacial score (nSPS) is 25.2. The van der Waals surface area contributed by atoms with Crippen LogP contribution in [-0.4, -0.2) is 205 Å². The Morgan fingerprint density at radius 3 is 1.10 bits per heavy atom. The number of aliphatic hydroxyl groups is 9. The van der Waals surface area contributed by atoms with Crippen LogP contribution in [-0.2, 0) is 70.7 Å². The van der Waals surface area contributed by atoms with Crippen LogP contribution in [0.2, 0.25) is 0 Å². The van der Waals surface area contributed by atoms with Gasteiger partial charge in [0.1, 0.15) is 92.6 Å². The highest BCUT2D eigenvalue weighted by molar-refractivity contribution is 7.47. The molecule has 0 aromatic carbocycles. The largest absolute Gasteiger partial charge is 0.472 e. The highest BCUT2D eigenvalue weighted by Gasteiger charge is 2.60. The maximum absolute atomic E-state index is 14.9. The first kappa shape index (κ1) is 110. The van der Waals surface area contributed by atoms with Crippen LogP contribution in [0.1, 0.15) is 407 Å². The number of hydrogen-bond donors (Lipinski definition) is 10. The number of carbonyl (C=O) groups excluding carboxylic acids is 4. The lowest BCUT2D eigenvalue weighted by atomic mass is 9.84. The van der Waals surface area contributed by atoms with Crippen molar-refractivity contribution < 1.29 is 122 Å². The standard InChI is InChI=1S/C93H171O25P/c1-6-10-14-18-22-25-28-31-33-35-37-39-42-45-52-59-65-77(96)110-71-75-81(100)83(102)87(106)93(114-75)117-90-88(115-79(98)67-61-55-47-44-41-38-34-32-29-26-23-19-15-11-7-2)84(103)85(104)89(116-92-86(105)82(101)80(99)74(68-94)113-92)91(90)118-119(107,108)111-70-73(112-78(97)66-60-54-46-43-40-36-30-27-24-20-16-12-8-3)69-109-76(95)64-58-53-49-48-51-57-63-72(5)62-56-50-21-17-13-9-4/h26,29,36,40,72-75,80-94,99-106H,6-25,27-28,30-35,37-39,41-71H2,1-5H3,(H,107,108)/b29-26-,40-36-. The van der Waals surface area contributed by atoms with Crippen LogP contribution in [0.25, 0.3) is 0 Å². The first-order chi connectivity index (χ1) is 57.6. The third-order valence-electron chi connectivity index (χ3n) is 23.6. The Labute approximate surface area is 717 Å². The van der Waals surface area contributed by atoms with Crippen LogP contribution in [0.15, 0.2) is 24.3 Å². The van der Waals surface area contributed by atoms with Crippen LogP contribution in [0, 0.1) is 5.92 Å². The minimum absolute atomic E-state index is 0.0163. The number of phosphoric acid groups is 1. The summed E-state index contributed by atoms with van der Waals surface area (Å²) in [6.07, 6.45) is 30.3. The van der Waals surface area contributed by atoms with Crippen LogP contribution in [0.5, 0.6) is 0 Å². The van der Waals surface area contributed by atoms with Gasteiger partial charge in [-0.25, -0.2) is 4.57 Å². The molecule has 1 aliphatic carbocycles. The smallest absolute Gasteiger partial charge is 0.463 e. The summed E-state index contributed by atoms with van der Waals surface area (Å²) in [6.45, 7) is 7.91. The van der Waals surface area contributed by atoms with Crippen molar-refractivity contribution in [2.75, 3.05) is 26.4 Å². The molecule has 0 bridgehead atoms. The van der Waals surface area contributed by atoms with Gasteiger partial charge in [-0.05, 0) is 83.0 Å². The predicted molar refractivity (Wildman–Crippen MR) is 462 cm³/mol. The lowest BCUT2D eigenvalue weighted by Gasteiger charge is -2.50. The van der Waals surface area contributed by atoms with E-state index in [9.17, 15) is 74.6 Å². The lowest BCUT2D eigenvalue weighted by Crippen LogP contribution is -2.70. The van der Waals surface area contributed by atoms with Gasteiger partial charge in [0.05, 0.1) is 13.2 Å². The van der Waals surface area contributed by atoms with E-state index < -0.39 is 162 Å². The van der Waals surface area contributed by atoms with Gasteiger partial charge in [0.2, 0.25) is 0 Å². The minimum atomic E-state index is -5.81. The zero-order valence-electron chi connectivity index (χ0n) is 74.6. The second-order valence-corrected chi connectivity index (χ2v) is 35.9. The number of ether oxygens (including phenoxy) is 8. The van der Waals surface area contributed by atoms with Crippen molar-refractivity contribution in [3.8, 4) is 0 Å². The third kappa shape index (κ3) is 51.4. The summed E-state index contributed by atoms with van der Waals surface area (Å²) < 4.78 is 73.5. The maximum Gasteiger partial charge on any atom is 0.472 e. The molecule has 19 atom stereocenters. The van der Waals surface area contributed by atoms with Crippen LogP contribution < -0.4 is 0 Å². The average molecular weight is 1720 g/mol. The van der Waals surface area contributed by atoms with E-state index in [0.717, 1.165) is 135 Å². The molecular weight excluding hydrogens is 1550 g/mol. The monoisotopic (exact) mass is 1720 g/mol. The Bertz CT molecular complexity index is 2580. The van der Waals surface area contributed by atoms with Crippen molar-refractivity contribution in [1.29, 1.82) is 0 Å². The fraction of sp³-hybridized carbons (Fsp3) is 0.914. The number of unbranched alkanes of at least 4 members (excludes halogenated alkanes) is 45. The molecule has 3 rings (SSSR count). The number of aliphatic hydroxyl groups excluding tert-OH is 9.